The molecule has 28 heavy (non-hydrogen) atoms. The fourth-order valence-corrected chi connectivity index (χ4v) is 5.86. The molecule has 0 aliphatic carbocycles. The zero-order valence-corrected chi connectivity index (χ0v) is 16.4. The SMILES string of the molecule is O=C([C@H]1CCCN(c2ncccn2)C1)N1C[C@H]2C[C@@H](C1)[C@@H]1CCCC(=O)N1C2. The minimum absolute atomic E-state index is 0.0282. The second-order valence-corrected chi connectivity index (χ2v) is 8.94. The highest BCUT2D eigenvalue weighted by Crippen LogP contribution is 2.38. The van der Waals surface area contributed by atoms with E-state index in [9.17, 15) is 9.59 Å². The van der Waals surface area contributed by atoms with Gasteiger partial charge in [0.15, 0.2) is 0 Å². The predicted molar refractivity (Wildman–Crippen MR) is 104 cm³/mol. The standard InChI is InChI=1S/C21H29N5O2/c27-19-6-1-5-18-17-10-15(12-26(18)19)11-25(14-17)20(28)16-4-2-9-24(13-16)21-22-7-3-8-23-21/h3,7-8,15-18H,1-2,4-6,9-14H2/t15-,16+,17+,18+/m1/s1. The fourth-order valence-electron chi connectivity index (χ4n) is 5.86. The molecule has 4 aliphatic heterocycles. The maximum atomic E-state index is 13.4. The van der Waals surface area contributed by atoms with Crippen molar-refractivity contribution in [3.63, 3.8) is 0 Å². The molecule has 4 saturated heterocycles. The maximum Gasteiger partial charge on any atom is 0.227 e. The Kier molecular flexibility index (Phi) is 4.69. The number of anilines is 1. The highest BCUT2D eigenvalue weighted by Gasteiger charge is 2.45. The molecule has 7 heteroatoms. The van der Waals surface area contributed by atoms with Crippen LogP contribution < -0.4 is 4.90 Å². The number of carbonyl (C=O) groups is 2. The van der Waals surface area contributed by atoms with Crippen molar-refractivity contribution in [3.8, 4) is 0 Å². The summed E-state index contributed by atoms with van der Waals surface area (Å²) in [5.41, 5.74) is 0. The number of hydrogen-bond acceptors (Lipinski definition) is 5. The molecular weight excluding hydrogens is 354 g/mol. The topological polar surface area (TPSA) is 69.6 Å². The lowest BCUT2D eigenvalue weighted by molar-refractivity contribution is -0.150. The van der Waals surface area contributed by atoms with Crippen LogP contribution in [-0.2, 0) is 9.59 Å². The smallest absolute Gasteiger partial charge is 0.227 e. The summed E-state index contributed by atoms with van der Waals surface area (Å²) < 4.78 is 0. The van der Waals surface area contributed by atoms with E-state index in [1.807, 2.05) is 6.07 Å². The normalized spacial score (nSPS) is 32.9. The van der Waals surface area contributed by atoms with Gasteiger partial charge in [-0.2, -0.15) is 0 Å². The molecule has 0 unspecified atom stereocenters. The van der Waals surface area contributed by atoms with Gasteiger partial charge in [-0.15, -0.1) is 0 Å². The lowest BCUT2D eigenvalue weighted by Gasteiger charge is -2.53. The molecule has 4 aliphatic rings. The van der Waals surface area contributed by atoms with Gasteiger partial charge >= 0.3 is 0 Å². The van der Waals surface area contributed by atoms with Gasteiger partial charge in [-0.25, -0.2) is 9.97 Å². The van der Waals surface area contributed by atoms with Crippen molar-refractivity contribution in [2.45, 2.75) is 44.6 Å². The van der Waals surface area contributed by atoms with Crippen molar-refractivity contribution < 1.29 is 9.59 Å². The first-order valence-corrected chi connectivity index (χ1v) is 10.8. The quantitative estimate of drug-likeness (QED) is 0.775. The molecule has 4 fully saturated rings. The fraction of sp³-hybridized carbons (Fsp3) is 0.714. The lowest BCUT2D eigenvalue weighted by atomic mass is 9.75. The van der Waals surface area contributed by atoms with Gasteiger partial charge in [-0.3, -0.25) is 9.59 Å². The van der Waals surface area contributed by atoms with Crippen LogP contribution in [0.2, 0.25) is 0 Å². The van der Waals surface area contributed by atoms with Crippen LogP contribution in [0, 0.1) is 17.8 Å². The number of aromatic nitrogens is 2. The third-order valence-corrected chi connectivity index (χ3v) is 7.10. The third-order valence-electron chi connectivity index (χ3n) is 7.10. The monoisotopic (exact) mass is 383 g/mol. The van der Waals surface area contributed by atoms with Gasteiger partial charge in [-0.05, 0) is 50.0 Å². The van der Waals surface area contributed by atoms with Crippen LogP contribution in [-0.4, -0.2) is 70.3 Å². The summed E-state index contributed by atoms with van der Waals surface area (Å²) in [6.07, 6.45) is 9.46. The molecule has 0 N–H and O–H groups in total. The van der Waals surface area contributed by atoms with Gasteiger partial charge < -0.3 is 14.7 Å². The molecule has 7 nitrogen and oxygen atoms in total. The van der Waals surface area contributed by atoms with Crippen LogP contribution >= 0.6 is 0 Å². The van der Waals surface area contributed by atoms with Crippen molar-refractivity contribution in [1.29, 1.82) is 0 Å². The molecule has 5 heterocycles. The second-order valence-electron chi connectivity index (χ2n) is 8.94. The van der Waals surface area contributed by atoms with E-state index in [4.69, 9.17) is 0 Å². The summed E-state index contributed by atoms with van der Waals surface area (Å²) in [4.78, 5) is 40.8. The zero-order valence-electron chi connectivity index (χ0n) is 16.4. The first-order chi connectivity index (χ1) is 13.7. The van der Waals surface area contributed by atoms with Gasteiger partial charge in [-0.1, -0.05) is 0 Å². The van der Waals surface area contributed by atoms with E-state index in [0.29, 0.717) is 42.7 Å². The van der Waals surface area contributed by atoms with E-state index in [-0.39, 0.29) is 5.92 Å². The van der Waals surface area contributed by atoms with E-state index >= 15 is 0 Å². The Bertz CT molecular complexity index is 742. The van der Waals surface area contributed by atoms with E-state index in [0.717, 1.165) is 57.8 Å². The Morgan fingerprint density at radius 3 is 2.75 bits per heavy atom. The molecule has 0 saturated carbocycles. The van der Waals surface area contributed by atoms with Crippen molar-refractivity contribution >= 4 is 17.8 Å². The van der Waals surface area contributed by atoms with Crippen LogP contribution in [0.25, 0.3) is 0 Å². The number of nitrogens with zero attached hydrogens (tertiary/aromatic N) is 5. The van der Waals surface area contributed by atoms with Crippen LogP contribution in [0.15, 0.2) is 18.5 Å². The summed E-state index contributed by atoms with van der Waals surface area (Å²) >= 11 is 0. The van der Waals surface area contributed by atoms with Crippen molar-refractivity contribution in [2.24, 2.45) is 17.8 Å². The molecule has 2 bridgehead atoms. The van der Waals surface area contributed by atoms with E-state index < -0.39 is 0 Å². The molecule has 0 aromatic carbocycles. The number of fused-ring (bicyclic) bond motifs is 4. The van der Waals surface area contributed by atoms with E-state index in [1.54, 1.807) is 12.4 Å². The molecular formula is C21H29N5O2. The number of carbonyl (C=O) groups excluding carboxylic acids is 2. The summed E-state index contributed by atoms with van der Waals surface area (Å²) in [7, 11) is 0. The number of rotatable bonds is 2. The minimum Gasteiger partial charge on any atom is -0.342 e. The van der Waals surface area contributed by atoms with Crippen molar-refractivity contribution in [2.75, 3.05) is 37.6 Å². The first kappa shape index (κ1) is 17.9. The largest absolute Gasteiger partial charge is 0.342 e. The summed E-state index contributed by atoms with van der Waals surface area (Å²) in [5.74, 6) is 2.28. The van der Waals surface area contributed by atoms with Gasteiger partial charge in [0, 0.05) is 57.6 Å². The number of piperidine rings is 4. The van der Waals surface area contributed by atoms with Crippen LogP contribution in [0.3, 0.4) is 0 Å². The van der Waals surface area contributed by atoms with Crippen LogP contribution in [0.5, 0.6) is 0 Å². The van der Waals surface area contributed by atoms with Crippen molar-refractivity contribution in [3.05, 3.63) is 18.5 Å². The summed E-state index contributed by atoms with van der Waals surface area (Å²) in [6, 6.07) is 2.18. The van der Waals surface area contributed by atoms with Gasteiger partial charge in [0.2, 0.25) is 17.8 Å². The minimum atomic E-state index is 0.0282. The van der Waals surface area contributed by atoms with Crippen molar-refractivity contribution in [1.82, 2.24) is 19.8 Å². The number of hydrogen-bond donors (Lipinski definition) is 0. The van der Waals surface area contributed by atoms with E-state index in [1.165, 1.54) is 6.42 Å². The lowest BCUT2D eigenvalue weighted by Crippen LogP contribution is -2.62. The molecule has 4 atom stereocenters. The second kappa shape index (κ2) is 7.33. The highest BCUT2D eigenvalue weighted by atomic mass is 16.2. The highest BCUT2D eigenvalue weighted by molar-refractivity contribution is 5.80. The van der Waals surface area contributed by atoms with E-state index in [2.05, 4.69) is 24.7 Å². The Morgan fingerprint density at radius 2 is 1.89 bits per heavy atom. The Hall–Kier alpha value is -2.18. The van der Waals surface area contributed by atoms with Crippen LogP contribution in [0.4, 0.5) is 5.95 Å². The third kappa shape index (κ3) is 3.25. The number of amides is 2. The first-order valence-electron chi connectivity index (χ1n) is 10.8. The average Bonchev–Trinajstić information content (AvgIpc) is 2.75. The average molecular weight is 383 g/mol. The van der Waals surface area contributed by atoms with Gasteiger partial charge in [0.1, 0.15) is 0 Å². The molecule has 1 aromatic heterocycles. The predicted octanol–water partition coefficient (Wildman–Crippen LogP) is 1.55. The Labute approximate surface area is 166 Å². The Morgan fingerprint density at radius 1 is 1.04 bits per heavy atom. The van der Waals surface area contributed by atoms with Gasteiger partial charge in [0.25, 0.3) is 0 Å². The molecule has 150 valence electrons. The zero-order chi connectivity index (χ0) is 19.1. The Balaban J connectivity index is 1.27. The molecule has 1 aromatic rings. The maximum absolute atomic E-state index is 13.4. The molecule has 0 radical (unpaired) electrons. The van der Waals surface area contributed by atoms with Crippen LogP contribution in [0.1, 0.15) is 38.5 Å². The summed E-state index contributed by atoms with van der Waals surface area (Å²) in [6.45, 7) is 4.10. The van der Waals surface area contributed by atoms with Gasteiger partial charge in [0.05, 0.1) is 5.92 Å². The summed E-state index contributed by atoms with van der Waals surface area (Å²) in [5, 5.41) is 0. The number of likely N-dealkylation sites (tertiary alicyclic amines) is 1. The molecule has 5 rings (SSSR count). The molecule has 2 amide bonds. The molecule has 0 spiro atoms.